The molecule has 0 bridgehead atoms. The van der Waals surface area contributed by atoms with Crippen LogP contribution in [0, 0.1) is 0 Å². The van der Waals surface area contributed by atoms with E-state index in [0.717, 1.165) is 18.7 Å². The predicted octanol–water partition coefficient (Wildman–Crippen LogP) is 3.95. The van der Waals surface area contributed by atoms with Crippen LogP contribution in [-0.4, -0.2) is 6.54 Å². The fourth-order valence-electron chi connectivity index (χ4n) is 1.21. The maximum Gasteiger partial charge on any atom is 0.0720 e. The molecule has 0 spiro atoms. The topological polar surface area (TPSA) is 38.0 Å². The predicted molar refractivity (Wildman–Crippen MR) is 68.8 cm³/mol. The molecule has 1 aromatic rings. The lowest BCUT2D eigenvalue weighted by Gasteiger charge is -2.10. The van der Waals surface area contributed by atoms with E-state index in [0.29, 0.717) is 15.7 Å². The normalized spacial score (nSPS) is 10.9. The molecule has 0 aromatic heterocycles. The molecule has 3 N–H and O–H groups in total. The van der Waals surface area contributed by atoms with Crippen LogP contribution in [0.5, 0.6) is 0 Å². The van der Waals surface area contributed by atoms with E-state index in [9.17, 15) is 0 Å². The maximum atomic E-state index is 6.00. The van der Waals surface area contributed by atoms with Crippen molar-refractivity contribution >= 4 is 34.6 Å². The lowest BCUT2D eigenvalue weighted by molar-refractivity contribution is 1.06. The molecule has 0 aliphatic carbocycles. The Labute approximate surface area is 100 Å². The van der Waals surface area contributed by atoms with Gasteiger partial charge < -0.3 is 11.1 Å². The van der Waals surface area contributed by atoms with Crippen LogP contribution in [0.15, 0.2) is 24.3 Å². The number of hydrogen-bond acceptors (Lipinski definition) is 2. The summed E-state index contributed by atoms with van der Waals surface area (Å²) in [5, 5.41) is 4.28. The number of nitrogens with one attached hydrogen (secondary N) is 1. The minimum Gasteiger partial charge on any atom is -0.399 e. The van der Waals surface area contributed by atoms with E-state index < -0.39 is 0 Å². The van der Waals surface area contributed by atoms with Crippen molar-refractivity contribution in [3.8, 4) is 0 Å². The minimum absolute atomic E-state index is 0.556. The van der Waals surface area contributed by atoms with E-state index in [2.05, 4.69) is 11.4 Å². The molecular weight excluding hydrogens is 231 g/mol. The van der Waals surface area contributed by atoms with Gasteiger partial charge in [-0.25, -0.2) is 0 Å². The molecule has 1 aromatic carbocycles. The van der Waals surface area contributed by atoms with Crippen LogP contribution in [0.2, 0.25) is 10.0 Å². The van der Waals surface area contributed by atoms with Crippen molar-refractivity contribution in [3.05, 3.63) is 34.3 Å². The highest BCUT2D eigenvalue weighted by atomic mass is 35.5. The monoisotopic (exact) mass is 244 g/mol. The number of allylic oxidation sites excluding steroid dienone is 1. The van der Waals surface area contributed by atoms with Crippen LogP contribution in [0.4, 0.5) is 11.4 Å². The van der Waals surface area contributed by atoms with E-state index in [4.69, 9.17) is 28.9 Å². The van der Waals surface area contributed by atoms with Gasteiger partial charge in [0.25, 0.3) is 0 Å². The van der Waals surface area contributed by atoms with Crippen molar-refractivity contribution < 1.29 is 0 Å². The number of anilines is 2. The van der Waals surface area contributed by atoms with Crippen molar-refractivity contribution in [2.75, 3.05) is 17.6 Å². The molecule has 0 amide bonds. The molecule has 15 heavy (non-hydrogen) atoms. The molecule has 0 saturated carbocycles. The molecule has 0 radical (unpaired) electrons. The number of rotatable bonds is 4. The van der Waals surface area contributed by atoms with Crippen LogP contribution >= 0.6 is 23.2 Å². The molecule has 2 nitrogen and oxygen atoms in total. The minimum atomic E-state index is 0.556. The Morgan fingerprint density at radius 2 is 1.93 bits per heavy atom. The van der Waals surface area contributed by atoms with Crippen LogP contribution in [0.3, 0.4) is 0 Å². The summed E-state index contributed by atoms with van der Waals surface area (Å²) in [5.74, 6) is 0. The SMILES string of the molecule is C/C=C/CCNc1c(Cl)cc(N)cc1Cl. The highest BCUT2D eigenvalue weighted by Crippen LogP contribution is 2.32. The van der Waals surface area contributed by atoms with Gasteiger partial charge in [0.05, 0.1) is 15.7 Å². The standard InChI is InChI=1S/C11H14Cl2N2/c1-2-3-4-5-15-11-9(12)6-8(14)7-10(11)13/h2-3,6-7,15H,4-5,14H2,1H3/b3-2+. The number of nitrogen functional groups attached to an aromatic ring is 1. The summed E-state index contributed by atoms with van der Waals surface area (Å²) >= 11 is 12.0. The third-order valence-electron chi connectivity index (χ3n) is 1.91. The van der Waals surface area contributed by atoms with Gasteiger partial charge in [-0.3, -0.25) is 0 Å². The Morgan fingerprint density at radius 3 is 2.47 bits per heavy atom. The second kappa shape index (κ2) is 5.89. The van der Waals surface area contributed by atoms with Gasteiger partial charge in [-0.05, 0) is 25.5 Å². The van der Waals surface area contributed by atoms with Gasteiger partial charge in [-0.2, -0.15) is 0 Å². The molecule has 0 fully saturated rings. The zero-order chi connectivity index (χ0) is 11.3. The first-order valence-electron chi connectivity index (χ1n) is 4.74. The van der Waals surface area contributed by atoms with Gasteiger partial charge in [0.15, 0.2) is 0 Å². The first-order chi connectivity index (χ1) is 7.15. The smallest absolute Gasteiger partial charge is 0.0720 e. The molecule has 82 valence electrons. The van der Waals surface area contributed by atoms with Gasteiger partial charge in [0.1, 0.15) is 0 Å². The average Bonchev–Trinajstić information content (AvgIpc) is 2.15. The zero-order valence-electron chi connectivity index (χ0n) is 8.56. The fourth-order valence-corrected chi connectivity index (χ4v) is 1.85. The van der Waals surface area contributed by atoms with E-state index in [1.165, 1.54) is 0 Å². The Balaban J connectivity index is 2.68. The molecule has 0 atom stereocenters. The molecule has 0 unspecified atom stereocenters. The summed E-state index contributed by atoms with van der Waals surface area (Å²) < 4.78 is 0. The Morgan fingerprint density at radius 1 is 1.33 bits per heavy atom. The van der Waals surface area contributed by atoms with Crippen LogP contribution < -0.4 is 11.1 Å². The van der Waals surface area contributed by atoms with Gasteiger partial charge in [0, 0.05) is 12.2 Å². The highest BCUT2D eigenvalue weighted by Gasteiger charge is 2.05. The quantitative estimate of drug-likeness (QED) is 0.478. The number of nitrogens with two attached hydrogens (primary N) is 1. The summed E-state index contributed by atoms with van der Waals surface area (Å²) in [7, 11) is 0. The third-order valence-corrected chi connectivity index (χ3v) is 2.51. The zero-order valence-corrected chi connectivity index (χ0v) is 10.1. The molecule has 4 heteroatoms. The molecule has 0 aliphatic heterocycles. The first kappa shape index (κ1) is 12.2. The molecule has 0 heterocycles. The van der Waals surface area contributed by atoms with Gasteiger partial charge in [0.2, 0.25) is 0 Å². The van der Waals surface area contributed by atoms with E-state index in [1.54, 1.807) is 12.1 Å². The van der Waals surface area contributed by atoms with Crippen molar-refractivity contribution in [2.24, 2.45) is 0 Å². The van der Waals surface area contributed by atoms with Gasteiger partial charge >= 0.3 is 0 Å². The Hall–Kier alpha value is -0.860. The highest BCUT2D eigenvalue weighted by molar-refractivity contribution is 6.39. The molecular formula is C11H14Cl2N2. The third kappa shape index (κ3) is 3.65. The first-order valence-corrected chi connectivity index (χ1v) is 5.50. The van der Waals surface area contributed by atoms with Gasteiger partial charge in [-0.1, -0.05) is 35.4 Å². The second-order valence-corrected chi connectivity index (χ2v) is 3.96. The van der Waals surface area contributed by atoms with Crippen molar-refractivity contribution in [2.45, 2.75) is 13.3 Å². The lowest BCUT2D eigenvalue weighted by atomic mass is 10.2. The summed E-state index contributed by atoms with van der Waals surface area (Å²) in [6, 6.07) is 3.37. The molecule has 0 aliphatic rings. The Kier molecular flexibility index (Phi) is 4.79. The molecule has 0 saturated heterocycles. The number of benzene rings is 1. The van der Waals surface area contributed by atoms with Crippen molar-refractivity contribution in [3.63, 3.8) is 0 Å². The summed E-state index contributed by atoms with van der Waals surface area (Å²) in [4.78, 5) is 0. The van der Waals surface area contributed by atoms with Crippen LogP contribution in [0.25, 0.3) is 0 Å². The summed E-state index contributed by atoms with van der Waals surface area (Å²) in [5.41, 5.74) is 6.92. The lowest BCUT2D eigenvalue weighted by Crippen LogP contribution is -2.02. The average molecular weight is 245 g/mol. The number of hydrogen-bond donors (Lipinski definition) is 2. The molecule has 1 rings (SSSR count). The van der Waals surface area contributed by atoms with Crippen LogP contribution in [-0.2, 0) is 0 Å². The maximum absolute atomic E-state index is 6.00. The van der Waals surface area contributed by atoms with E-state index >= 15 is 0 Å². The van der Waals surface area contributed by atoms with Crippen molar-refractivity contribution in [1.29, 1.82) is 0 Å². The van der Waals surface area contributed by atoms with E-state index in [-0.39, 0.29) is 0 Å². The number of halogens is 2. The van der Waals surface area contributed by atoms with Crippen LogP contribution in [0.1, 0.15) is 13.3 Å². The largest absolute Gasteiger partial charge is 0.399 e. The van der Waals surface area contributed by atoms with E-state index in [1.807, 2.05) is 13.0 Å². The summed E-state index contributed by atoms with van der Waals surface area (Å²) in [6.45, 7) is 2.79. The fraction of sp³-hybridized carbons (Fsp3) is 0.273. The second-order valence-electron chi connectivity index (χ2n) is 3.14. The van der Waals surface area contributed by atoms with Crippen molar-refractivity contribution in [1.82, 2.24) is 0 Å². The van der Waals surface area contributed by atoms with Gasteiger partial charge in [-0.15, -0.1) is 0 Å². The summed E-state index contributed by atoms with van der Waals surface area (Å²) in [6.07, 6.45) is 5.02. The Bertz CT molecular complexity index is 339.